The Bertz CT molecular complexity index is 979. The van der Waals surface area contributed by atoms with Crippen molar-refractivity contribution < 1.29 is 29.0 Å². The van der Waals surface area contributed by atoms with Crippen molar-refractivity contribution in [3.63, 3.8) is 0 Å². The van der Waals surface area contributed by atoms with E-state index < -0.39 is 18.1 Å². The highest BCUT2D eigenvalue weighted by atomic mass is 16.5. The highest BCUT2D eigenvalue weighted by Gasteiger charge is 2.30. The SMILES string of the molecule is CCN(CCCCC(=O)O)C(=O)C(CCOC)NC(=O)OCC1c2ccccc2-c2ccccc21. The van der Waals surface area contributed by atoms with Crippen LogP contribution < -0.4 is 5.32 Å². The quantitative estimate of drug-likeness (QED) is 0.418. The molecule has 2 amide bonds. The zero-order chi connectivity index (χ0) is 25.2. The predicted molar refractivity (Wildman–Crippen MR) is 132 cm³/mol. The molecule has 2 aromatic carbocycles. The molecule has 0 heterocycles. The van der Waals surface area contributed by atoms with Gasteiger partial charge in [-0.25, -0.2) is 4.79 Å². The van der Waals surface area contributed by atoms with Crippen molar-refractivity contribution in [2.75, 3.05) is 33.4 Å². The summed E-state index contributed by atoms with van der Waals surface area (Å²) in [5, 5.41) is 11.5. The van der Waals surface area contributed by atoms with Gasteiger partial charge >= 0.3 is 12.1 Å². The minimum atomic E-state index is -0.853. The van der Waals surface area contributed by atoms with E-state index in [1.807, 2.05) is 31.2 Å². The number of benzene rings is 2. The zero-order valence-corrected chi connectivity index (χ0v) is 20.4. The van der Waals surface area contributed by atoms with E-state index in [2.05, 4.69) is 29.6 Å². The summed E-state index contributed by atoms with van der Waals surface area (Å²) >= 11 is 0. The van der Waals surface area contributed by atoms with E-state index >= 15 is 0 Å². The van der Waals surface area contributed by atoms with Crippen molar-refractivity contribution >= 4 is 18.0 Å². The number of hydrogen-bond donors (Lipinski definition) is 2. The normalized spacial score (nSPS) is 13.0. The molecule has 0 spiro atoms. The molecule has 0 radical (unpaired) electrons. The largest absolute Gasteiger partial charge is 0.481 e. The van der Waals surface area contributed by atoms with Gasteiger partial charge in [-0.2, -0.15) is 0 Å². The Morgan fingerprint density at radius 1 is 1.03 bits per heavy atom. The van der Waals surface area contributed by atoms with Crippen molar-refractivity contribution in [2.24, 2.45) is 0 Å². The molecule has 8 nitrogen and oxygen atoms in total. The van der Waals surface area contributed by atoms with Crippen LogP contribution in [-0.2, 0) is 19.1 Å². The molecule has 0 bridgehead atoms. The van der Waals surface area contributed by atoms with E-state index in [0.29, 0.717) is 39.0 Å². The molecular formula is C27H34N2O6. The lowest BCUT2D eigenvalue weighted by molar-refractivity contribution is -0.137. The topological polar surface area (TPSA) is 105 Å². The van der Waals surface area contributed by atoms with Gasteiger partial charge in [-0.1, -0.05) is 48.5 Å². The first kappa shape index (κ1) is 26.2. The van der Waals surface area contributed by atoms with E-state index in [1.165, 1.54) is 0 Å². The highest BCUT2D eigenvalue weighted by Crippen LogP contribution is 2.44. The maximum Gasteiger partial charge on any atom is 0.407 e. The van der Waals surface area contributed by atoms with E-state index in [4.69, 9.17) is 14.6 Å². The van der Waals surface area contributed by atoms with Crippen molar-refractivity contribution in [3.8, 4) is 11.1 Å². The number of nitrogens with zero attached hydrogens (tertiary/aromatic N) is 1. The van der Waals surface area contributed by atoms with Crippen LogP contribution in [0.2, 0.25) is 0 Å². The molecule has 0 aromatic heterocycles. The van der Waals surface area contributed by atoms with Crippen molar-refractivity contribution in [3.05, 3.63) is 59.7 Å². The average molecular weight is 483 g/mol. The van der Waals surface area contributed by atoms with Gasteiger partial charge in [0.15, 0.2) is 0 Å². The van der Waals surface area contributed by atoms with Gasteiger partial charge in [0.2, 0.25) is 5.91 Å². The van der Waals surface area contributed by atoms with Crippen LogP contribution in [0.4, 0.5) is 4.79 Å². The summed E-state index contributed by atoms with van der Waals surface area (Å²) < 4.78 is 10.7. The van der Waals surface area contributed by atoms with Crippen LogP contribution in [-0.4, -0.2) is 67.4 Å². The third kappa shape index (κ3) is 6.82. The summed E-state index contributed by atoms with van der Waals surface area (Å²) in [7, 11) is 1.54. The second kappa shape index (κ2) is 12.9. The molecule has 2 N–H and O–H groups in total. The van der Waals surface area contributed by atoms with Crippen LogP contribution in [0.15, 0.2) is 48.5 Å². The smallest absolute Gasteiger partial charge is 0.407 e. The third-order valence-electron chi connectivity index (χ3n) is 6.31. The van der Waals surface area contributed by atoms with Gasteiger partial charge in [0, 0.05) is 45.6 Å². The number of likely N-dealkylation sites (N-methyl/N-ethyl adjacent to an activating group) is 1. The molecule has 35 heavy (non-hydrogen) atoms. The number of rotatable bonds is 13. The fourth-order valence-corrected chi connectivity index (χ4v) is 4.50. The maximum atomic E-state index is 13.1. The Morgan fingerprint density at radius 3 is 2.23 bits per heavy atom. The van der Waals surface area contributed by atoms with Gasteiger partial charge in [0.1, 0.15) is 12.6 Å². The van der Waals surface area contributed by atoms with E-state index in [9.17, 15) is 14.4 Å². The number of fused-ring (bicyclic) bond motifs is 3. The van der Waals surface area contributed by atoms with Crippen molar-refractivity contribution in [1.29, 1.82) is 0 Å². The summed E-state index contributed by atoms with van der Waals surface area (Å²) in [4.78, 5) is 38.2. The Hall–Kier alpha value is -3.39. The number of unbranched alkanes of at least 4 members (excludes halogenated alkanes) is 1. The summed E-state index contributed by atoms with van der Waals surface area (Å²) in [6.07, 6.45) is 0.792. The van der Waals surface area contributed by atoms with Crippen LogP contribution >= 0.6 is 0 Å². The lowest BCUT2D eigenvalue weighted by atomic mass is 9.98. The Kier molecular flexibility index (Phi) is 9.66. The number of alkyl carbamates (subject to hydrolysis) is 1. The number of amides is 2. The van der Waals surface area contributed by atoms with E-state index in [0.717, 1.165) is 22.3 Å². The molecule has 1 unspecified atom stereocenters. The van der Waals surface area contributed by atoms with Gasteiger partial charge in [-0.05, 0) is 42.0 Å². The molecule has 1 aliphatic carbocycles. The predicted octanol–water partition coefficient (Wildman–Crippen LogP) is 4.03. The number of methoxy groups -OCH3 is 1. The average Bonchev–Trinajstić information content (AvgIpc) is 3.18. The van der Waals surface area contributed by atoms with E-state index in [1.54, 1.807) is 12.0 Å². The molecule has 0 saturated heterocycles. The number of nitrogens with one attached hydrogen (secondary N) is 1. The second-order valence-electron chi connectivity index (χ2n) is 8.57. The lowest BCUT2D eigenvalue weighted by Gasteiger charge is -2.27. The molecule has 2 aromatic rings. The van der Waals surface area contributed by atoms with Gasteiger partial charge < -0.3 is 24.8 Å². The second-order valence-corrected chi connectivity index (χ2v) is 8.57. The maximum absolute atomic E-state index is 13.1. The number of ether oxygens (including phenoxy) is 2. The lowest BCUT2D eigenvalue weighted by Crippen LogP contribution is -2.49. The van der Waals surface area contributed by atoms with E-state index in [-0.39, 0.29) is 24.9 Å². The number of aliphatic carboxylic acids is 1. The Labute approximate surface area is 206 Å². The molecule has 0 saturated carbocycles. The standard InChI is InChI=1S/C27H34N2O6/c1-3-29(16-9-8-14-25(30)31)26(32)24(15-17-34-2)28-27(33)35-18-23-21-12-6-4-10-19(21)20-11-5-7-13-22(20)23/h4-7,10-13,23-24H,3,8-9,14-18H2,1-2H3,(H,28,33)(H,30,31). The minimum Gasteiger partial charge on any atom is -0.481 e. The first-order valence-corrected chi connectivity index (χ1v) is 12.1. The van der Waals surface area contributed by atoms with Gasteiger partial charge in [-0.15, -0.1) is 0 Å². The third-order valence-corrected chi connectivity index (χ3v) is 6.31. The summed E-state index contributed by atoms with van der Waals surface area (Å²) in [5.41, 5.74) is 4.53. The highest BCUT2D eigenvalue weighted by molar-refractivity contribution is 5.86. The zero-order valence-electron chi connectivity index (χ0n) is 20.4. The van der Waals surface area contributed by atoms with Crippen molar-refractivity contribution in [2.45, 2.75) is 44.6 Å². The molecular weight excluding hydrogens is 448 g/mol. The molecule has 0 aliphatic heterocycles. The number of hydrogen-bond acceptors (Lipinski definition) is 5. The fraction of sp³-hybridized carbons (Fsp3) is 0.444. The van der Waals surface area contributed by atoms with Crippen molar-refractivity contribution in [1.82, 2.24) is 10.2 Å². The van der Waals surface area contributed by atoms with Crippen LogP contribution in [0.25, 0.3) is 11.1 Å². The summed E-state index contributed by atoms with van der Waals surface area (Å²) in [6, 6.07) is 15.4. The number of carbonyl (C=O) groups excluding carboxylic acids is 2. The Balaban J connectivity index is 1.61. The molecule has 3 rings (SSSR count). The van der Waals surface area contributed by atoms with Crippen LogP contribution in [0.1, 0.15) is 49.7 Å². The van der Waals surface area contributed by atoms with Crippen LogP contribution in [0.3, 0.4) is 0 Å². The number of carboxylic acid groups (broad SMARTS) is 1. The molecule has 1 aliphatic rings. The van der Waals surface area contributed by atoms with Crippen LogP contribution in [0.5, 0.6) is 0 Å². The van der Waals surface area contributed by atoms with Gasteiger partial charge in [-0.3, -0.25) is 9.59 Å². The molecule has 0 fully saturated rings. The monoisotopic (exact) mass is 482 g/mol. The molecule has 8 heteroatoms. The van der Waals surface area contributed by atoms with Gasteiger partial charge in [0.05, 0.1) is 0 Å². The number of carboxylic acids is 1. The molecule has 1 atom stereocenters. The fourth-order valence-electron chi connectivity index (χ4n) is 4.50. The van der Waals surface area contributed by atoms with Crippen LogP contribution in [0, 0.1) is 0 Å². The number of carbonyl (C=O) groups is 3. The minimum absolute atomic E-state index is 0.0663. The van der Waals surface area contributed by atoms with Gasteiger partial charge in [0.25, 0.3) is 0 Å². The first-order chi connectivity index (χ1) is 17.0. The Morgan fingerprint density at radius 2 is 1.66 bits per heavy atom. The summed E-state index contributed by atoms with van der Waals surface area (Å²) in [6.45, 7) is 3.21. The first-order valence-electron chi connectivity index (χ1n) is 12.1. The summed E-state index contributed by atoms with van der Waals surface area (Å²) in [5.74, 6) is -1.15. The molecule has 188 valence electrons.